The third-order valence-corrected chi connectivity index (χ3v) is 24.1. The molecule has 11 aliphatic rings. The van der Waals surface area contributed by atoms with Crippen LogP contribution in [-0.4, -0.2) is 192 Å². The van der Waals surface area contributed by atoms with Crippen LogP contribution in [0.4, 0.5) is 48.5 Å². The Morgan fingerprint density at radius 3 is 1.15 bits per heavy atom. The molecule has 18 rings (SSSR count). The Balaban J connectivity index is 0.000000121. The van der Waals surface area contributed by atoms with E-state index in [4.69, 9.17) is 54.1 Å². The van der Waals surface area contributed by atoms with Crippen molar-refractivity contribution in [3.05, 3.63) is 214 Å². The molecule has 2 N–H and O–H groups in total. The molecule has 8 heterocycles. The van der Waals surface area contributed by atoms with E-state index in [0.29, 0.717) is 86.6 Å². The van der Waals surface area contributed by atoms with Crippen molar-refractivity contribution in [1.82, 2.24) is 24.9 Å². The number of rotatable bonds is 16. The van der Waals surface area contributed by atoms with Gasteiger partial charge in [-0.1, -0.05) is 151 Å². The number of carboxylic acid groups (broad SMARTS) is 1. The van der Waals surface area contributed by atoms with Gasteiger partial charge in [0.25, 0.3) is 0 Å². The van der Waals surface area contributed by atoms with Gasteiger partial charge < -0.3 is 54.0 Å². The van der Waals surface area contributed by atoms with Crippen LogP contribution in [-0.2, 0) is 64.5 Å². The number of amides is 6. The number of nitrogens with zero attached hydrogens (tertiary/aromatic N) is 10. The van der Waals surface area contributed by atoms with Crippen molar-refractivity contribution in [1.29, 1.82) is 0 Å². The van der Waals surface area contributed by atoms with Gasteiger partial charge in [0.1, 0.15) is 37.9 Å². The summed E-state index contributed by atoms with van der Waals surface area (Å²) >= 11 is 18.0. The van der Waals surface area contributed by atoms with Crippen LogP contribution < -0.4 is 34.7 Å². The van der Waals surface area contributed by atoms with Gasteiger partial charge in [0.15, 0.2) is 0 Å². The van der Waals surface area contributed by atoms with E-state index in [1.54, 1.807) is 11.0 Å². The first kappa shape index (κ1) is 81.6. The van der Waals surface area contributed by atoms with E-state index in [2.05, 4.69) is 67.4 Å². The fourth-order valence-electron chi connectivity index (χ4n) is 16.9. The van der Waals surface area contributed by atoms with Crippen molar-refractivity contribution in [3.8, 4) is 0 Å². The maximum Gasteiger partial charge on any atom is 0.410 e. The molecule has 0 radical (unpaired) electrons. The lowest BCUT2D eigenvalue weighted by molar-refractivity contribution is -0.141. The minimum absolute atomic E-state index is 0.00654. The first-order valence-corrected chi connectivity index (χ1v) is 41.9. The molecule has 23 nitrogen and oxygen atoms in total. The first-order valence-electron chi connectivity index (χ1n) is 40.8. The van der Waals surface area contributed by atoms with Crippen LogP contribution in [0, 0.1) is 0 Å². The maximum atomic E-state index is 13.6. The summed E-state index contributed by atoms with van der Waals surface area (Å²) in [5, 5.41) is 13.2. The third-order valence-electron chi connectivity index (χ3n) is 23.2. The fourth-order valence-corrected chi connectivity index (χ4v) is 17.5. The molecule has 0 bridgehead atoms. The molecule has 5 saturated heterocycles. The Morgan fingerprint density at radius 2 is 0.739 bits per heavy atom. The summed E-state index contributed by atoms with van der Waals surface area (Å²) in [7, 11) is 0. The van der Waals surface area contributed by atoms with E-state index < -0.39 is 47.6 Å². The number of nitrogens with one attached hydrogen (secondary N) is 1. The highest BCUT2D eigenvalue weighted by molar-refractivity contribution is 6.64. The monoisotopic (exact) mass is 1620 g/mol. The van der Waals surface area contributed by atoms with Crippen molar-refractivity contribution in [3.63, 3.8) is 0 Å². The quantitative estimate of drug-likeness (QED) is 0.0677. The van der Waals surface area contributed by atoms with Crippen LogP contribution in [0.5, 0.6) is 0 Å². The molecule has 606 valence electrons. The summed E-state index contributed by atoms with van der Waals surface area (Å²) in [6.07, 6.45) is 14.3. The van der Waals surface area contributed by atoms with Crippen molar-refractivity contribution in [2.75, 3.05) is 101 Å². The molecule has 8 fully saturated rings. The molecular weight excluding hydrogens is 1520 g/mol. The second kappa shape index (κ2) is 38.7. The third kappa shape index (κ3) is 20.5. The van der Waals surface area contributed by atoms with E-state index in [9.17, 15) is 38.4 Å². The van der Waals surface area contributed by atoms with Gasteiger partial charge in [-0.05, 0) is 204 Å². The number of aliphatic carboxylic acids is 1. The van der Waals surface area contributed by atoms with E-state index in [0.717, 1.165) is 129 Å². The van der Waals surface area contributed by atoms with E-state index in [1.165, 1.54) is 59.7 Å². The maximum absolute atomic E-state index is 13.6. The zero-order valence-corrected chi connectivity index (χ0v) is 67.2. The highest BCUT2D eigenvalue weighted by atomic mass is 35.5. The number of hydrogen-bond donors (Lipinski definition) is 2. The predicted molar refractivity (Wildman–Crippen MR) is 446 cm³/mol. The number of hydrogen-bond acceptors (Lipinski definition) is 16. The molecule has 1 unspecified atom stereocenters. The number of halogens is 3. The van der Waals surface area contributed by atoms with Crippen molar-refractivity contribution >= 4 is 116 Å². The average molecular weight is 1620 g/mol. The minimum Gasteiger partial charge on any atom is -0.480 e. The second-order valence-corrected chi connectivity index (χ2v) is 32.3. The first-order chi connectivity index (χ1) is 56.0. The van der Waals surface area contributed by atoms with Crippen molar-refractivity contribution in [2.24, 2.45) is 0 Å². The van der Waals surface area contributed by atoms with Crippen LogP contribution in [0.1, 0.15) is 125 Å². The van der Waals surface area contributed by atoms with Crippen molar-refractivity contribution < 1.29 is 57.7 Å². The highest BCUT2D eigenvalue weighted by Gasteiger charge is 2.45. The summed E-state index contributed by atoms with van der Waals surface area (Å²) in [5.74, 6) is -0.495. The molecule has 0 aromatic heterocycles. The largest absolute Gasteiger partial charge is 0.480 e. The molecule has 26 heteroatoms. The molecule has 5 atom stereocenters. The lowest BCUT2D eigenvalue weighted by Crippen LogP contribution is -2.52. The smallest absolute Gasteiger partial charge is 0.410 e. The van der Waals surface area contributed by atoms with Crippen LogP contribution in [0.25, 0.3) is 0 Å². The van der Waals surface area contributed by atoms with Gasteiger partial charge in [0, 0.05) is 93.6 Å². The number of ether oxygens (including phenoxy) is 3. The highest BCUT2D eigenvalue weighted by Crippen LogP contribution is 2.44. The van der Waals surface area contributed by atoms with E-state index in [-0.39, 0.29) is 49.6 Å². The van der Waals surface area contributed by atoms with Crippen LogP contribution in [0.15, 0.2) is 182 Å². The lowest BCUT2D eigenvalue weighted by atomic mass is 10.1. The fraction of sp³-hybridized carbons (Fsp3) is 0.438. The molecule has 3 aliphatic carbocycles. The Bertz CT molecular complexity index is 4450. The number of anilines is 6. The summed E-state index contributed by atoms with van der Waals surface area (Å²) < 4.78 is 15.8. The van der Waals surface area contributed by atoms with Gasteiger partial charge in [0.2, 0.25) is 23.0 Å². The van der Waals surface area contributed by atoms with Gasteiger partial charge in [-0.25, -0.2) is 19.2 Å². The van der Waals surface area contributed by atoms with Gasteiger partial charge in [0.05, 0.1) is 46.2 Å². The topological polar surface area (TPSA) is 229 Å². The molecule has 0 spiro atoms. The molecule has 7 aromatic rings. The Kier molecular flexibility index (Phi) is 27.5. The lowest BCUT2D eigenvalue weighted by Gasteiger charge is -2.40. The number of carbonyl (C=O) groups is 8. The predicted octanol–water partition coefficient (Wildman–Crippen LogP) is 15.0. The number of carbonyl (C=O) groups excluding carboxylic acids is 7. The summed E-state index contributed by atoms with van der Waals surface area (Å²) in [4.78, 5) is 118. The number of likely N-dealkylation sites (tertiary alicyclic amines) is 4. The van der Waals surface area contributed by atoms with E-state index >= 15 is 0 Å². The number of para-hydroxylation sites is 6. The van der Waals surface area contributed by atoms with Gasteiger partial charge in [-0.3, -0.25) is 38.8 Å². The molecule has 3 saturated carbocycles. The molecule has 6 amide bonds. The molecule has 115 heavy (non-hydrogen) atoms. The Labute approximate surface area is 687 Å². The van der Waals surface area contributed by atoms with Crippen LogP contribution >= 0.6 is 34.8 Å². The molecular formula is C89H102Cl3N11O12. The zero-order valence-electron chi connectivity index (χ0n) is 64.9. The standard InChI is InChI=1S/C24H27N3O3.C23H25Cl2N3O.C16H21N3O.C13H14ClNO3.C13H15NO4/c28-23(26-16-15-25(19-12-13-19)20-9-4-5-10-21(20)26)22-11-6-14-27(22)24(29)30-17-18-7-2-1-3-8-18;24-17-7-10-19(25)16(14-17)15-26-11-3-6-22(26)23(29)28-13-12-27(18-8-9-18)20-4-1-2-5-21(20)28;20-16(13-4-3-9-17-13)19-11-10-18(12-7-8-12)14-5-1-2-6-15(14)19;14-12(16)11-7-4-8-15(11)13(17)18-9-10-5-2-1-3-6-10;15-12(16)11-7-4-8-14(11)13(17)18-9-10-5-2-1-3-6-10/h1-5,7-10,19,22H,6,11-17H2;1-2,4-5,7,10,14,18,22H,3,6,8-9,11-13,15H2;1-2,5-6,12-13,17H,3-4,7-11H2;1-3,5-6,11H,4,7-9H2;1-3,5-6,11H,4,7-9H2,(H,15,16)/t22-;;13-;2*11-/m0.000/s1. The van der Waals surface area contributed by atoms with Gasteiger partial charge >= 0.3 is 24.2 Å². The van der Waals surface area contributed by atoms with Gasteiger partial charge in [-0.15, -0.1) is 0 Å². The van der Waals surface area contributed by atoms with Crippen molar-refractivity contribution in [2.45, 2.75) is 177 Å². The summed E-state index contributed by atoms with van der Waals surface area (Å²) in [6, 6.07) is 58.9. The number of benzene rings is 7. The van der Waals surface area contributed by atoms with Crippen LogP contribution in [0.3, 0.4) is 0 Å². The number of carboxylic acids is 1. The molecule has 8 aliphatic heterocycles. The summed E-state index contributed by atoms with van der Waals surface area (Å²) in [5.41, 5.74) is 10.4. The average Bonchev–Trinajstić information content (AvgIpc) is 1.58. The minimum atomic E-state index is -0.968. The zero-order chi connectivity index (χ0) is 79.9. The molecule has 7 aromatic carbocycles. The van der Waals surface area contributed by atoms with E-state index in [1.807, 2.05) is 148 Å². The Hall–Kier alpha value is -9.91. The normalized spacial score (nSPS) is 21.3. The second-order valence-electron chi connectivity index (χ2n) is 31.0. The van der Waals surface area contributed by atoms with Gasteiger partial charge in [-0.2, -0.15) is 0 Å². The number of fused-ring (bicyclic) bond motifs is 3. The van der Waals surface area contributed by atoms with Crippen LogP contribution in [0.2, 0.25) is 10.0 Å². The Morgan fingerprint density at radius 1 is 0.374 bits per heavy atom. The SMILES string of the molecule is O=C(C1CCCN1Cc1cc(Cl)ccc1Cl)N1CCN(C2CC2)c2ccccc21.O=C(Cl)[C@@H]1CCCN1C(=O)OCc1ccccc1.O=C(O)[C@@H]1CCCN1C(=O)OCc1ccccc1.O=C([C@@H]1CCCN1)N1CCN(C2CC2)c2ccccc21.O=C([C@@H]1CCCN1C(=O)OCc1ccccc1)N1CCN(C2CC2)c2ccccc21. The summed E-state index contributed by atoms with van der Waals surface area (Å²) in [6.45, 7) is 9.65.